The van der Waals surface area contributed by atoms with Gasteiger partial charge in [0.25, 0.3) is 0 Å². The molecule has 0 saturated heterocycles. The summed E-state index contributed by atoms with van der Waals surface area (Å²) < 4.78 is 5.75. The van der Waals surface area contributed by atoms with Crippen LogP contribution in [0.3, 0.4) is 0 Å². The van der Waals surface area contributed by atoms with E-state index in [9.17, 15) is 4.79 Å². The van der Waals surface area contributed by atoms with Gasteiger partial charge in [0, 0.05) is 26.8 Å². The molecule has 21 heavy (non-hydrogen) atoms. The Balaban J connectivity index is 2.33. The number of rotatable bonds is 10. The highest BCUT2D eigenvalue weighted by Crippen LogP contribution is 2.28. The minimum Gasteiger partial charge on any atom is -0.385 e. The Hall–Kier alpha value is -0.860. The molecule has 1 heterocycles. The summed E-state index contributed by atoms with van der Waals surface area (Å²) in [4.78, 5) is 11.9. The maximum absolute atomic E-state index is 11.9. The minimum atomic E-state index is -0.182. The summed E-state index contributed by atoms with van der Waals surface area (Å²) in [6.07, 6.45) is 0.821. The first kappa shape index (κ1) is 18.2. The van der Waals surface area contributed by atoms with Gasteiger partial charge in [-0.15, -0.1) is 10.2 Å². The SMILES string of the molecule is COCCCNC(=O)C(C)Sc1nnc(NCC(C)C)s1. The van der Waals surface area contributed by atoms with Gasteiger partial charge >= 0.3 is 0 Å². The smallest absolute Gasteiger partial charge is 0.233 e. The van der Waals surface area contributed by atoms with E-state index in [2.05, 4.69) is 34.7 Å². The van der Waals surface area contributed by atoms with Crippen molar-refractivity contribution in [3.8, 4) is 0 Å². The summed E-state index contributed by atoms with van der Waals surface area (Å²) in [7, 11) is 1.65. The zero-order valence-electron chi connectivity index (χ0n) is 13.0. The number of hydrogen-bond donors (Lipinski definition) is 2. The number of carbonyl (C=O) groups excluding carboxylic acids is 1. The number of amides is 1. The first-order valence-corrected chi connectivity index (χ1v) is 8.73. The van der Waals surface area contributed by atoms with E-state index < -0.39 is 0 Å². The summed E-state index contributed by atoms with van der Waals surface area (Å²) in [5, 5.41) is 14.9. The number of ether oxygens (including phenoxy) is 1. The topological polar surface area (TPSA) is 76.1 Å². The molecule has 2 N–H and O–H groups in total. The van der Waals surface area contributed by atoms with Crippen molar-refractivity contribution in [3.05, 3.63) is 0 Å². The monoisotopic (exact) mass is 332 g/mol. The number of thioether (sulfide) groups is 1. The highest BCUT2D eigenvalue weighted by Gasteiger charge is 2.16. The van der Waals surface area contributed by atoms with Crippen molar-refractivity contribution in [2.45, 2.75) is 36.8 Å². The largest absolute Gasteiger partial charge is 0.385 e. The number of nitrogens with one attached hydrogen (secondary N) is 2. The van der Waals surface area contributed by atoms with Crippen molar-refractivity contribution in [1.82, 2.24) is 15.5 Å². The van der Waals surface area contributed by atoms with Gasteiger partial charge in [-0.05, 0) is 19.3 Å². The lowest BCUT2D eigenvalue weighted by Crippen LogP contribution is -2.32. The number of aromatic nitrogens is 2. The second-order valence-electron chi connectivity index (χ2n) is 5.05. The highest BCUT2D eigenvalue weighted by molar-refractivity contribution is 8.02. The summed E-state index contributed by atoms with van der Waals surface area (Å²) in [5.41, 5.74) is 0. The average Bonchev–Trinajstić information content (AvgIpc) is 2.88. The van der Waals surface area contributed by atoms with Gasteiger partial charge in [-0.1, -0.05) is 36.9 Å². The van der Waals surface area contributed by atoms with Gasteiger partial charge in [0.05, 0.1) is 5.25 Å². The van der Waals surface area contributed by atoms with E-state index in [-0.39, 0.29) is 11.2 Å². The second-order valence-corrected chi connectivity index (χ2v) is 7.61. The molecule has 1 aromatic rings. The van der Waals surface area contributed by atoms with Crippen LogP contribution in [0.1, 0.15) is 27.2 Å². The Morgan fingerprint density at radius 1 is 1.38 bits per heavy atom. The van der Waals surface area contributed by atoms with Crippen LogP contribution >= 0.6 is 23.1 Å². The molecule has 0 fully saturated rings. The van der Waals surface area contributed by atoms with E-state index in [1.54, 1.807) is 7.11 Å². The van der Waals surface area contributed by atoms with Crippen molar-refractivity contribution in [2.75, 3.05) is 32.1 Å². The van der Waals surface area contributed by atoms with E-state index >= 15 is 0 Å². The molecule has 120 valence electrons. The first-order chi connectivity index (χ1) is 10.0. The maximum Gasteiger partial charge on any atom is 0.233 e. The van der Waals surface area contributed by atoms with Gasteiger partial charge in [0.1, 0.15) is 0 Å². The third-order valence-electron chi connectivity index (χ3n) is 2.54. The Morgan fingerprint density at radius 3 is 2.81 bits per heavy atom. The van der Waals surface area contributed by atoms with Gasteiger partial charge in [0.15, 0.2) is 4.34 Å². The third-order valence-corrected chi connectivity index (χ3v) is 4.60. The first-order valence-electron chi connectivity index (χ1n) is 7.03. The van der Waals surface area contributed by atoms with Crippen LogP contribution in [0.25, 0.3) is 0 Å². The van der Waals surface area contributed by atoms with Crippen LogP contribution < -0.4 is 10.6 Å². The number of hydrogen-bond acceptors (Lipinski definition) is 7. The molecular formula is C13H24N4O2S2. The molecule has 0 saturated carbocycles. The minimum absolute atomic E-state index is 0.0167. The van der Waals surface area contributed by atoms with Crippen molar-refractivity contribution in [1.29, 1.82) is 0 Å². The number of anilines is 1. The predicted octanol–water partition coefficient (Wildman–Crippen LogP) is 2.24. The average molecular weight is 332 g/mol. The molecule has 0 bridgehead atoms. The molecule has 0 aliphatic heterocycles. The van der Waals surface area contributed by atoms with Crippen molar-refractivity contribution in [2.24, 2.45) is 5.92 Å². The molecule has 0 radical (unpaired) electrons. The Labute approximate surface area is 134 Å². The molecule has 1 aromatic heterocycles. The predicted molar refractivity (Wildman–Crippen MR) is 88.1 cm³/mol. The van der Waals surface area contributed by atoms with Gasteiger partial charge in [0.2, 0.25) is 11.0 Å². The van der Waals surface area contributed by atoms with Crippen LogP contribution in [0.2, 0.25) is 0 Å². The number of nitrogens with zero attached hydrogens (tertiary/aromatic N) is 2. The zero-order valence-corrected chi connectivity index (χ0v) is 14.6. The van der Waals surface area contributed by atoms with E-state index in [1.807, 2.05) is 6.92 Å². The fourth-order valence-electron chi connectivity index (χ4n) is 1.40. The molecular weight excluding hydrogens is 308 g/mol. The van der Waals surface area contributed by atoms with Crippen LogP contribution in [0.4, 0.5) is 5.13 Å². The number of carbonyl (C=O) groups is 1. The molecule has 8 heteroatoms. The van der Waals surface area contributed by atoms with E-state index in [0.29, 0.717) is 19.1 Å². The summed E-state index contributed by atoms with van der Waals surface area (Å²) in [5.74, 6) is 0.574. The van der Waals surface area contributed by atoms with E-state index in [4.69, 9.17) is 4.74 Å². The molecule has 0 aliphatic carbocycles. The van der Waals surface area contributed by atoms with Crippen molar-refractivity contribution in [3.63, 3.8) is 0 Å². The standard InChI is InChI=1S/C13H24N4O2S2/c1-9(2)8-15-12-16-17-13(21-12)20-10(3)11(18)14-6-5-7-19-4/h9-10H,5-8H2,1-4H3,(H,14,18)(H,15,16). The quantitative estimate of drug-likeness (QED) is 0.505. The number of methoxy groups -OCH3 is 1. The maximum atomic E-state index is 11.9. The lowest BCUT2D eigenvalue weighted by molar-refractivity contribution is -0.120. The zero-order chi connectivity index (χ0) is 15.7. The normalized spacial score (nSPS) is 12.4. The van der Waals surface area contributed by atoms with E-state index in [0.717, 1.165) is 22.4 Å². The third kappa shape index (κ3) is 7.63. The van der Waals surface area contributed by atoms with Gasteiger partial charge in [-0.2, -0.15) is 0 Å². The molecule has 1 atom stereocenters. The molecule has 1 rings (SSSR count). The lowest BCUT2D eigenvalue weighted by Gasteiger charge is -2.09. The Kier molecular flexibility index (Phi) is 8.63. The fraction of sp³-hybridized carbons (Fsp3) is 0.769. The Morgan fingerprint density at radius 2 is 2.14 bits per heavy atom. The van der Waals surface area contributed by atoms with Gasteiger partial charge in [-0.25, -0.2) is 0 Å². The van der Waals surface area contributed by atoms with Gasteiger partial charge < -0.3 is 15.4 Å². The second kappa shape index (κ2) is 9.97. The summed E-state index contributed by atoms with van der Waals surface area (Å²) in [6.45, 7) is 8.31. The highest BCUT2D eigenvalue weighted by atomic mass is 32.2. The molecule has 1 amide bonds. The molecule has 1 unspecified atom stereocenters. The molecule has 0 spiro atoms. The van der Waals surface area contributed by atoms with Crippen LogP contribution in [0, 0.1) is 5.92 Å². The van der Waals surface area contributed by atoms with E-state index in [1.165, 1.54) is 23.1 Å². The van der Waals surface area contributed by atoms with Crippen LogP contribution in [0.5, 0.6) is 0 Å². The van der Waals surface area contributed by atoms with Crippen molar-refractivity contribution >= 4 is 34.1 Å². The fourth-order valence-corrected chi connectivity index (χ4v) is 3.32. The lowest BCUT2D eigenvalue weighted by atomic mass is 10.2. The molecule has 6 nitrogen and oxygen atoms in total. The van der Waals surface area contributed by atoms with Crippen LogP contribution in [0.15, 0.2) is 4.34 Å². The Bertz CT molecular complexity index is 426. The van der Waals surface area contributed by atoms with Crippen LogP contribution in [-0.4, -0.2) is 48.2 Å². The summed E-state index contributed by atoms with van der Waals surface area (Å²) in [6, 6.07) is 0. The molecule has 0 aromatic carbocycles. The summed E-state index contributed by atoms with van der Waals surface area (Å²) >= 11 is 2.91. The van der Waals surface area contributed by atoms with Crippen molar-refractivity contribution < 1.29 is 9.53 Å². The van der Waals surface area contributed by atoms with Crippen LogP contribution in [-0.2, 0) is 9.53 Å². The molecule has 0 aliphatic rings. The van der Waals surface area contributed by atoms with Gasteiger partial charge in [-0.3, -0.25) is 4.79 Å².